The second-order valence-corrected chi connectivity index (χ2v) is 5.67. The van der Waals surface area contributed by atoms with E-state index in [4.69, 9.17) is 0 Å². The van der Waals surface area contributed by atoms with Crippen molar-refractivity contribution in [1.29, 1.82) is 0 Å². The van der Waals surface area contributed by atoms with Gasteiger partial charge >= 0.3 is 0 Å². The average molecular weight is 270 g/mol. The monoisotopic (exact) mass is 270 g/mol. The van der Waals surface area contributed by atoms with Crippen molar-refractivity contribution in [2.45, 2.75) is 52.1 Å². The van der Waals surface area contributed by atoms with Gasteiger partial charge in [0.05, 0.1) is 6.04 Å². The zero-order valence-corrected chi connectivity index (χ0v) is 12.3. The highest BCUT2D eigenvalue weighted by molar-refractivity contribution is 5.45. The number of benzene rings is 1. The minimum atomic E-state index is 0.178. The standard InChI is InChI=1S/C16H22N4/c1-12-7-9-14(10-8-12)17-13(2)16-19-18-15-6-4-3-5-11-20(15)16/h7-10,13,17H,3-6,11H2,1-2H3. The molecule has 0 fully saturated rings. The highest BCUT2D eigenvalue weighted by Gasteiger charge is 2.18. The largest absolute Gasteiger partial charge is 0.375 e. The zero-order valence-electron chi connectivity index (χ0n) is 12.3. The van der Waals surface area contributed by atoms with Crippen LogP contribution < -0.4 is 5.32 Å². The number of aromatic nitrogens is 3. The molecule has 1 unspecified atom stereocenters. The van der Waals surface area contributed by atoms with Crippen LogP contribution in [0.15, 0.2) is 24.3 Å². The molecule has 0 amide bonds. The van der Waals surface area contributed by atoms with Crippen LogP contribution in [0.5, 0.6) is 0 Å². The predicted octanol–water partition coefficient (Wildman–Crippen LogP) is 3.49. The molecule has 106 valence electrons. The van der Waals surface area contributed by atoms with Gasteiger partial charge in [0.2, 0.25) is 0 Å². The molecule has 2 aromatic rings. The highest BCUT2D eigenvalue weighted by atomic mass is 15.3. The molecule has 20 heavy (non-hydrogen) atoms. The average Bonchev–Trinajstić information content (AvgIpc) is 2.71. The molecule has 3 rings (SSSR count). The summed E-state index contributed by atoms with van der Waals surface area (Å²) < 4.78 is 2.30. The number of anilines is 1. The zero-order chi connectivity index (χ0) is 13.9. The Morgan fingerprint density at radius 1 is 1.10 bits per heavy atom. The molecule has 1 atom stereocenters. The van der Waals surface area contributed by atoms with Gasteiger partial charge in [0.25, 0.3) is 0 Å². The Balaban J connectivity index is 1.78. The van der Waals surface area contributed by atoms with Gasteiger partial charge in [-0.3, -0.25) is 0 Å². The topological polar surface area (TPSA) is 42.7 Å². The summed E-state index contributed by atoms with van der Waals surface area (Å²) in [6, 6.07) is 8.66. The van der Waals surface area contributed by atoms with Gasteiger partial charge in [-0.25, -0.2) is 0 Å². The van der Waals surface area contributed by atoms with E-state index in [1.807, 2.05) is 0 Å². The van der Waals surface area contributed by atoms with Gasteiger partial charge in [-0.05, 0) is 38.8 Å². The molecule has 4 heteroatoms. The van der Waals surface area contributed by atoms with Gasteiger partial charge in [0.1, 0.15) is 5.82 Å². The quantitative estimate of drug-likeness (QED) is 0.928. The fourth-order valence-electron chi connectivity index (χ4n) is 2.79. The number of nitrogens with one attached hydrogen (secondary N) is 1. The molecule has 2 heterocycles. The first-order valence-corrected chi connectivity index (χ1v) is 7.49. The minimum Gasteiger partial charge on any atom is -0.375 e. The predicted molar refractivity (Wildman–Crippen MR) is 80.8 cm³/mol. The second kappa shape index (κ2) is 5.65. The fourth-order valence-corrected chi connectivity index (χ4v) is 2.79. The molecule has 0 saturated heterocycles. The lowest BCUT2D eigenvalue weighted by atomic mass is 10.2. The summed E-state index contributed by atoms with van der Waals surface area (Å²) in [7, 11) is 0. The van der Waals surface area contributed by atoms with Crippen LogP contribution in [-0.4, -0.2) is 14.8 Å². The van der Waals surface area contributed by atoms with E-state index in [0.29, 0.717) is 0 Å². The molecular weight excluding hydrogens is 248 g/mol. The van der Waals surface area contributed by atoms with E-state index in [-0.39, 0.29) is 6.04 Å². The number of hydrogen-bond donors (Lipinski definition) is 1. The van der Waals surface area contributed by atoms with Crippen molar-refractivity contribution >= 4 is 5.69 Å². The van der Waals surface area contributed by atoms with Crippen LogP contribution >= 0.6 is 0 Å². The molecule has 1 aromatic heterocycles. The number of fused-ring (bicyclic) bond motifs is 1. The first-order valence-electron chi connectivity index (χ1n) is 7.49. The lowest BCUT2D eigenvalue weighted by Gasteiger charge is -2.16. The molecule has 1 aliphatic rings. The lowest BCUT2D eigenvalue weighted by Crippen LogP contribution is -2.14. The SMILES string of the molecule is Cc1ccc(NC(C)c2nnc3n2CCCCC3)cc1. The van der Waals surface area contributed by atoms with Crippen LogP contribution in [-0.2, 0) is 13.0 Å². The van der Waals surface area contributed by atoms with E-state index in [0.717, 1.165) is 30.3 Å². The van der Waals surface area contributed by atoms with Crippen molar-refractivity contribution in [2.75, 3.05) is 5.32 Å². The van der Waals surface area contributed by atoms with Crippen LogP contribution in [0.25, 0.3) is 0 Å². The van der Waals surface area contributed by atoms with Gasteiger partial charge in [0.15, 0.2) is 5.82 Å². The molecule has 1 aromatic carbocycles. The Morgan fingerprint density at radius 2 is 1.90 bits per heavy atom. The molecule has 0 radical (unpaired) electrons. The molecule has 1 aliphatic heterocycles. The maximum absolute atomic E-state index is 4.40. The number of nitrogens with zero attached hydrogens (tertiary/aromatic N) is 3. The first kappa shape index (κ1) is 13.2. The summed E-state index contributed by atoms with van der Waals surface area (Å²) >= 11 is 0. The van der Waals surface area contributed by atoms with E-state index >= 15 is 0 Å². The maximum Gasteiger partial charge on any atom is 0.155 e. The summed E-state index contributed by atoms with van der Waals surface area (Å²) in [6.07, 6.45) is 4.82. The van der Waals surface area contributed by atoms with E-state index in [1.165, 1.54) is 24.8 Å². The van der Waals surface area contributed by atoms with Crippen molar-refractivity contribution in [2.24, 2.45) is 0 Å². The Labute approximate surface area is 120 Å². The van der Waals surface area contributed by atoms with E-state index in [1.54, 1.807) is 0 Å². The third-order valence-electron chi connectivity index (χ3n) is 3.96. The summed E-state index contributed by atoms with van der Waals surface area (Å²) in [5.41, 5.74) is 2.41. The molecule has 1 N–H and O–H groups in total. The first-order chi connectivity index (χ1) is 9.74. The highest BCUT2D eigenvalue weighted by Crippen LogP contribution is 2.22. The molecule has 0 spiro atoms. The van der Waals surface area contributed by atoms with Gasteiger partial charge in [-0.15, -0.1) is 10.2 Å². The normalized spacial score (nSPS) is 16.3. The van der Waals surface area contributed by atoms with Crippen molar-refractivity contribution < 1.29 is 0 Å². The van der Waals surface area contributed by atoms with Gasteiger partial charge in [0, 0.05) is 18.7 Å². The third-order valence-corrected chi connectivity index (χ3v) is 3.96. The maximum atomic E-state index is 4.40. The van der Waals surface area contributed by atoms with Crippen molar-refractivity contribution in [3.05, 3.63) is 41.5 Å². The molecule has 4 nitrogen and oxygen atoms in total. The third kappa shape index (κ3) is 2.69. The number of rotatable bonds is 3. The van der Waals surface area contributed by atoms with E-state index < -0.39 is 0 Å². The fraction of sp³-hybridized carbons (Fsp3) is 0.500. The van der Waals surface area contributed by atoms with Crippen molar-refractivity contribution in [3.63, 3.8) is 0 Å². The Morgan fingerprint density at radius 3 is 2.70 bits per heavy atom. The van der Waals surface area contributed by atoms with Crippen LogP contribution in [0.4, 0.5) is 5.69 Å². The molecule has 0 saturated carbocycles. The number of hydrogen-bond acceptors (Lipinski definition) is 3. The Bertz CT molecular complexity index is 571. The van der Waals surface area contributed by atoms with Crippen LogP contribution in [0.2, 0.25) is 0 Å². The Kier molecular flexibility index (Phi) is 3.72. The van der Waals surface area contributed by atoms with Crippen LogP contribution in [0.3, 0.4) is 0 Å². The summed E-state index contributed by atoms with van der Waals surface area (Å²) in [5, 5.41) is 12.3. The smallest absolute Gasteiger partial charge is 0.155 e. The lowest BCUT2D eigenvalue weighted by molar-refractivity contribution is 0.589. The number of aryl methyl sites for hydroxylation is 2. The second-order valence-electron chi connectivity index (χ2n) is 5.67. The molecule has 0 bridgehead atoms. The van der Waals surface area contributed by atoms with Gasteiger partial charge in [-0.2, -0.15) is 0 Å². The van der Waals surface area contributed by atoms with Crippen LogP contribution in [0, 0.1) is 6.92 Å². The van der Waals surface area contributed by atoms with Gasteiger partial charge < -0.3 is 9.88 Å². The summed E-state index contributed by atoms with van der Waals surface area (Å²) in [5.74, 6) is 2.21. The Hall–Kier alpha value is -1.84. The molecular formula is C16H22N4. The van der Waals surface area contributed by atoms with E-state index in [9.17, 15) is 0 Å². The molecule has 0 aliphatic carbocycles. The van der Waals surface area contributed by atoms with Crippen molar-refractivity contribution in [3.8, 4) is 0 Å². The van der Waals surface area contributed by atoms with Gasteiger partial charge in [-0.1, -0.05) is 24.1 Å². The minimum absolute atomic E-state index is 0.178. The summed E-state index contributed by atoms with van der Waals surface area (Å²) in [4.78, 5) is 0. The van der Waals surface area contributed by atoms with Crippen LogP contribution in [0.1, 0.15) is 49.4 Å². The van der Waals surface area contributed by atoms with E-state index in [2.05, 4.69) is 58.2 Å². The summed E-state index contributed by atoms with van der Waals surface area (Å²) in [6.45, 7) is 5.31. The van der Waals surface area contributed by atoms with Crippen molar-refractivity contribution in [1.82, 2.24) is 14.8 Å².